The van der Waals surface area contributed by atoms with Crippen LogP contribution in [-0.4, -0.2) is 53.3 Å². The molecule has 0 atom stereocenters. The van der Waals surface area contributed by atoms with Gasteiger partial charge in [0.1, 0.15) is 5.82 Å². The summed E-state index contributed by atoms with van der Waals surface area (Å²) in [5.74, 6) is -1.15. The molecule has 0 radical (unpaired) electrons. The third kappa shape index (κ3) is 6.24. The second-order valence-electron chi connectivity index (χ2n) is 7.18. The minimum absolute atomic E-state index is 0. The maximum atomic E-state index is 13.3. The standard InChI is InChI=1S/C20H25F2N5O2.ClH/c1-27(10-11-28)18-8-9-23-20(26-18)25-15-5-3-14(4-6-15)24-19(29)13-2-7-16(21)17(22)12-13;/h2,7-9,12,14-15,28H,3-6,10-11H2,1H3,(H,24,29)(H,23,25,26);1H/t14-,15+;. The van der Waals surface area contributed by atoms with E-state index in [0.29, 0.717) is 12.5 Å². The van der Waals surface area contributed by atoms with Gasteiger partial charge in [-0.05, 0) is 49.9 Å². The normalized spacial score (nSPS) is 18.3. The molecule has 30 heavy (non-hydrogen) atoms. The Balaban J connectivity index is 0.00000320. The first-order chi connectivity index (χ1) is 14.0. The number of nitrogens with one attached hydrogen (secondary N) is 2. The number of carbonyl (C=O) groups excluding carboxylic acids is 1. The van der Waals surface area contributed by atoms with Crippen molar-refractivity contribution in [3.05, 3.63) is 47.7 Å². The van der Waals surface area contributed by atoms with Gasteiger partial charge in [-0.15, -0.1) is 12.4 Å². The van der Waals surface area contributed by atoms with Gasteiger partial charge in [-0.3, -0.25) is 4.79 Å². The SMILES string of the molecule is CN(CCO)c1ccnc(N[C@H]2CC[C@@H](NC(=O)c3ccc(F)c(F)c3)CC2)n1.Cl. The molecule has 0 spiro atoms. The van der Waals surface area contributed by atoms with E-state index in [9.17, 15) is 13.6 Å². The number of likely N-dealkylation sites (N-methyl/N-ethyl adjacent to an activating group) is 1. The number of benzene rings is 1. The van der Waals surface area contributed by atoms with Gasteiger partial charge >= 0.3 is 0 Å². The number of amides is 1. The van der Waals surface area contributed by atoms with Crippen molar-refractivity contribution in [3.8, 4) is 0 Å². The van der Waals surface area contributed by atoms with E-state index in [1.807, 2.05) is 11.9 Å². The molecular weight excluding hydrogens is 416 g/mol. The summed E-state index contributed by atoms with van der Waals surface area (Å²) >= 11 is 0. The number of aliphatic hydroxyl groups excluding tert-OH is 1. The Morgan fingerprint density at radius 1 is 1.17 bits per heavy atom. The summed E-state index contributed by atoms with van der Waals surface area (Å²) in [6, 6.07) is 5.10. The van der Waals surface area contributed by atoms with Crippen LogP contribution in [0.5, 0.6) is 0 Å². The highest BCUT2D eigenvalue weighted by molar-refractivity contribution is 5.94. The molecular formula is C20H26ClF2N5O2. The molecule has 0 aliphatic heterocycles. The molecule has 3 N–H and O–H groups in total. The molecule has 1 aliphatic carbocycles. The van der Waals surface area contributed by atoms with Crippen LogP contribution in [0.3, 0.4) is 0 Å². The Morgan fingerprint density at radius 2 is 1.87 bits per heavy atom. The minimum atomic E-state index is -1.03. The Morgan fingerprint density at radius 3 is 2.53 bits per heavy atom. The van der Waals surface area contributed by atoms with E-state index in [4.69, 9.17) is 5.11 Å². The van der Waals surface area contributed by atoms with Crippen molar-refractivity contribution >= 4 is 30.1 Å². The van der Waals surface area contributed by atoms with Gasteiger partial charge in [0.25, 0.3) is 5.91 Å². The number of anilines is 2. The van der Waals surface area contributed by atoms with Crippen molar-refractivity contribution in [1.29, 1.82) is 0 Å². The highest BCUT2D eigenvalue weighted by atomic mass is 35.5. The summed E-state index contributed by atoms with van der Waals surface area (Å²) in [5, 5.41) is 15.3. The fourth-order valence-corrected chi connectivity index (χ4v) is 3.37. The lowest BCUT2D eigenvalue weighted by molar-refractivity contribution is 0.0926. The molecule has 1 heterocycles. The van der Waals surface area contributed by atoms with E-state index in [-0.39, 0.29) is 36.7 Å². The third-order valence-corrected chi connectivity index (χ3v) is 5.04. The molecule has 2 aromatic rings. The van der Waals surface area contributed by atoms with Crippen molar-refractivity contribution in [1.82, 2.24) is 15.3 Å². The molecule has 1 aromatic heterocycles. The maximum Gasteiger partial charge on any atom is 0.251 e. The summed E-state index contributed by atoms with van der Waals surface area (Å²) in [4.78, 5) is 22.8. The lowest BCUT2D eigenvalue weighted by Crippen LogP contribution is -2.40. The predicted octanol–water partition coefficient (Wildman–Crippen LogP) is 2.76. The quantitative estimate of drug-likeness (QED) is 0.612. The van der Waals surface area contributed by atoms with Crippen LogP contribution in [-0.2, 0) is 0 Å². The van der Waals surface area contributed by atoms with Crippen LogP contribution in [0.4, 0.5) is 20.5 Å². The first kappa shape index (κ1) is 23.8. The molecule has 3 rings (SSSR count). The van der Waals surface area contributed by atoms with Crippen molar-refractivity contribution in [3.63, 3.8) is 0 Å². The number of aromatic nitrogens is 2. The Labute approximate surface area is 180 Å². The van der Waals surface area contributed by atoms with Crippen molar-refractivity contribution < 1.29 is 18.7 Å². The summed E-state index contributed by atoms with van der Waals surface area (Å²) in [5.41, 5.74) is 0.112. The zero-order valence-corrected chi connectivity index (χ0v) is 17.5. The molecule has 0 saturated heterocycles. The lowest BCUT2D eigenvalue weighted by atomic mass is 9.91. The van der Waals surface area contributed by atoms with E-state index < -0.39 is 17.5 Å². The van der Waals surface area contributed by atoms with E-state index in [1.165, 1.54) is 6.07 Å². The molecule has 10 heteroatoms. The molecule has 1 fully saturated rings. The highest BCUT2D eigenvalue weighted by Crippen LogP contribution is 2.22. The molecule has 164 valence electrons. The average Bonchev–Trinajstić information content (AvgIpc) is 2.72. The summed E-state index contributed by atoms with van der Waals surface area (Å²) in [7, 11) is 1.85. The van der Waals surface area contributed by atoms with Crippen LogP contribution in [0.2, 0.25) is 0 Å². The van der Waals surface area contributed by atoms with Gasteiger partial charge in [0, 0.05) is 37.4 Å². The van der Waals surface area contributed by atoms with Crippen LogP contribution < -0.4 is 15.5 Å². The molecule has 1 aromatic carbocycles. The fourth-order valence-electron chi connectivity index (χ4n) is 3.37. The summed E-state index contributed by atoms with van der Waals surface area (Å²) in [6.45, 7) is 0.531. The Bertz CT molecular complexity index is 850. The smallest absolute Gasteiger partial charge is 0.251 e. The number of nitrogens with zero attached hydrogens (tertiary/aromatic N) is 3. The topological polar surface area (TPSA) is 90.4 Å². The lowest BCUT2D eigenvalue weighted by Gasteiger charge is -2.30. The van der Waals surface area contributed by atoms with E-state index in [0.717, 1.165) is 43.6 Å². The number of hydrogen-bond donors (Lipinski definition) is 3. The molecule has 1 aliphatic rings. The second kappa shape index (κ2) is 11.0. The number of aliphatic hydroxyl groups is 1. The predicted molar refractivity (Wildman–Crippen MR) is 113 cm³/mol. The summed E-state index contributed by atoms with van der Waals surface area (Å²) in [6.07, 6.45) is 4.84. The second-order valence-corrected chi connectivity index (χ2v) is 7.18. The maximum absolute atomic E-state index is 13.3. The Hall–Kier alpha value is -2.52. The van der Waals surface area contributed by atoms with Gasteiger partial charge in [0.2, 0.25) is 5.95 Å². The number of carbonyl (C=O) groups is 1. The molecule has 0 bridgehead atoms. The van der Waals surface area contributed by atoms with Crippen LogP contribution in [0.15, 0.2) is 30.5 Å². The molecule has 1 amide bonds. The number of hydrogen-bond acceptors (Lipinski definition) is 6. The fraction of sp³-hybridized carbons (Fsp3) is 0.450. The Kier molecular flexibility index (Phi) is 8.73. The van der Waals surface area contributed by atoms with Gasteiger partial charge in [-0.1, -0.05) is 0 Å². The van der Waals surface area contributed by atoms with Crippen LogP contribution in [0.25, 0.3) is 0 Å². The van der Waals surface area contributed by atoms with Crippen LogP contribution >= 0.6 is 12.4 Å². The van der Waals surface area contributed by atoms with Gasteiger partial charge in [0.15, 0.2) is 11.6 Å². The molecule has 7 nitrogen and oxygen atoms in total. The zero-order valence-electron chi connectivity index (χ0n) is 16.6. The van der Waals surface area contributed by atoms with Crippen LogP contribution in [0, 0.1) is 11.6 Å². The monoisotopic (exact) mass is 441 g/mol. The van der Waals surface area contributed by atoms with Gasteiger partial charge in [0.05, 0.1) is 6.61 Å². The largest absolute Gasteiger partial charge is 0.395 e. The summed E-state index contributed by atoms with van der Waals surface area (Å²) < 4.78 is 26.3. The first-order valence-corrected chi connectivity index (χ1v) is 9.63. The average molecular weight is 442 g/mol. The van der Waals surface area contributed by atoms with Gasteiger partial charge in [-0.2, -0.15) is 4.98 Å². The van der Waals surface area contributed by atoms with Crippen molar-refractivity contribution in [2.45, 2.75) is 37.8 Å². The van der Waals surface area contributed by atoms with E-state index in [2.05, 4.69) is 20.6 Å². The van der Waals surface area contributed by atoms with Crippen LogP contribution in [0.1, 0.15) is 36.0 Å². The third-order valence-electron chi connectivity index (χ3n) is 5.04. The minimum Gasteiger partial charge on any atom is -0.395 e. The highest BCUT2D eigenvalue weighted by Gasteiger charge is 2.23. The van der Waals surface area contributed by atoms with Gasteiger partial charge < -0.3 is 20.6 Å². The molecule has 1 saturated carbocycles. The van der Waals surface area contributed by atoms with E-state index >= 15 is 0 Å². The first-order valence-electron chi connectivity index (χ1n) is 9.63. The molecule has 0 unspecified atom stereocenters. The van der Waals surface area contributed by atoms with Crippen molar-refractivity contribution in [2.75, 3.05) is 30.4 Å². The zero-order chi connectivity index (χ0) is 20.8. The van der Waals surface area contributed by atoms with E-state index in [1.54, 1.807) is 12.3 Å². The van der Waals surface area contributed by atoms with Crippen molar-refractivity contribution in [2.24, 2.45) is 0 Å². The number of rotatable bonds is 7. The number of halogens is 3. The van der Waals surface area contributed by atoms with Gasteiger partial charge in [-0.25, -0.2) is 13.8 Å².